The summed E-state index contributed by atoms with van der Waals surface area (Å²) >= 11 is 0. The first-order chi connectivity index (χ1) is 37.5. The molecular formula is C57H84N6O18. The highest BCUT2D eigenvalue weighted by Gasteiger charge is 2.31. The Bertz CT molecular complexity index is 2550. The van der Waals surface area contributed by atoms with Gasteiger partial charge in [0, 0.05) is 25.9 Å². The normalized spacial score (nSPS) is 12.9. The highest BCUT2D eigenvalue weighted by molar-refractivity contribution is 5.90. The summed E-state index contributed by atoms with van der Waals surface area (Å²) in [7, 11) is 0. The third kappa shape index (κ3) is 30.7. The molecule has 4 atom stereocenters. The second kappa shape index (κ2) is 32.2. The summed E-state index contributed by atoms with van der Waals surface area (Å²) in [5.74, 6) is -4.85. The van der Waals surface area contributed by atoms with Gasteiger partial charge in [-0.2, -0.15) is 0 Å². The summed E-state index contributed by atoms with van der Waals surface area (Å²) in [6, 6.07) is 12.3. The number of carbonyl (C=O) groups excluding carboxylic acids is 7. The van der Waals surface area contributed by atoms with E-state index in [0.29, 0.717) is 43.4 Å². The van der Waals surface area contributed by atoms with Gasteiger partial charge in [-0.1, -0.05) is 42.5 Å². The number of unbranched alkanes of at least 4 members (excludes halogenated alkanes) is 2. The molecule has 0 bridgehead atoms. The number of hydrogen-bond acceptors (Lipinski definition) is 17. The van der Waals surface area contributed by atoms with Gasteiger partial charge in [-0.15, -0.1) is 0 Å². The molecule has 3 aromatic rings. The maximum atomic E-state index is 13.5. The van der Waals surface area contributed by atoms with Crippen molar-refractivity contribution < 1.29 is 87.6 Å². The number of aliphatic carboxylic acids is 1. The lowest BCUT2D eigenvalue weighted by Crippen LogP contribution is -2.53. The van der Waals surface area contributed by atoms with E-state index in [0.717, 1.165) is 5.56 Å². The van der Waals surface area contributed by atoms with Crippen molar-refractivity contribution in [2.24, 2.45) is 0 Å². The van der Waals surface area contributed by atoms with Crippen molar-refractivity contribution in [2.45, 2.75) is 188 Å². The van der Waals surface area contributed by atoms with Crippen molar-refractivity contribution in [3.8, 4) is 23.0 Å². The Morgan fingerprint density at radius 3 is 1.17 bits per heavy atom. The number of rotatable bonds is 24. The van der Waals surface area contributed by atoms with E-state index in [1.165, 1.54) is 36.4 Å². The molecule has 0 unspecified atom stereocenters. The maximum absolute atomic E-state index is 13.5. The van der Waals surface area contributed by atoms with E-state index in [4.69, 9.17) is 23.7 Å². The van der Waals surface area contributed by atoms with Crippen molar-refractivity contribution in [1.29, 1.82) is 0 Å². The second-order valence-corrected chi connectivity index (χ2v) is 22.9. The molecule has 450 valence electrons. The molecule has 3 aromatic carbocycles. The molecule has 0 spiro atoms. The van der Waals surface area contributed by atoms with Crippen molar-refractivity contribution >= 4 is 48.1 Å². The molecule has 0 heterocycles. The molecule has 11 N–H and O–H groups in total. The smallest absolute Gasteiger partial charge is 0.408 e. The Morgan fingerprint density at radius 1 is 0.432 bits per heavy atom. The molecule has 0 aromatic heterocycles. The van der Waals surface area contributed by atoms with Crippen molar-refractivity contribution in [3.05, 3.63) is 83.4 Å². The summed E-state index contributed by atoms with van der Waals surface area (Å²) < 4.78 is 26.4. The number of alkyl carbamates (subject to hydrolysis) is 4. The molecular weight excluding hydrogens is 1060 g/mol. The number of hydrogen-bond donors (Lipinski definition) is 11. The minimum absolute atomic E-state index is 0.00137. The molecule has 0 fully saturated rings. The van der Waals surface area contributed by atoms with Crippen molar-refractivity contribution in [2.75, 3.05) is 13.1 Å². The number of amides is 6. The molecule has 3 rings (SSSR count). The van der Waals surface area contributed by atoms with Gasteiger partial charge in [-0.05, 0) is 163 Å². The molecule has 0 radical (unpaired) electrons. The monoisotopic (exact) mass is 1140 g/mol. The summed E-state index contributed by atoms with van der Waals surface area (Å²) in [5.41, 5.74) is -1.32. The molecule has 0 aliphatic heterocycles. The summed E-state index contributed by atoms with van der Waals surface area (Å²) in [5, 5.41) is 63.8. The second-order valence-electron chi connectivity index (χ2n) is 22.9. The summed E-state index contributed by atoms with van der Waals surface area (Å²) in [4.78, 5) is 100.0. The van der Waals surface area contributed by atoms with Gasteiger partial charge < -0.3 is 81.1 Å². The average Bonchev–Trinajstić information content (AvgIpc) is 3.32. The zero-order valence-electron chi connectivity index (χ0n) is 48.5. The van der Waals surface area contributed by atoms with Gasteiger partial charge in [0.1, 0.15) is 53.2 Å². The van der Waals surface area contributed by atoms with Crippen LogP contribution in [0.25, 0.3) is 0 Å². The van der Waals surface area contributed by atoms with E-state index < -0.39 is 100 Å². The number of ether oxygens (including phenoxy) is 5. The third-order valence-electron chi connectivity index (χ3n) is 10.6. The van der Waals surface area contributed by atoms with Crippen LogP contribution in [0.15, 0.2) is 66.7 Å². The molecule has 81 heavy (non-hydrogen) atoms. The van der Waals surface area contributed by atoms with Gasteiger partial charge in [0.2, 0.25) is 11.8 Å². The Morgan fingerprint density at radius 2 is 0.802 bits per heavy atom. The molecule has 24 nitrogen and oxygen atoms in total. The molecule has 0 aliphatic carbocycles. The van der Waals surface area contributed by atoms with Crippen LogP contribution in [0.5, 0.6) is 23.0 Å². The predicted octanol–water partition coefficient (Wildman–Crippen LogP) is 7.25. The first kappa shape index (κ1) is 68.9. The topological polar surface area (TPSA) is 356 Å². The first-order valence-corrected chi connectivity index (χ1v) is 26.5. The van der Waals surface area contributed by atoms with E-state index >= 15 is 0 Å². The first-order valence-electron chi connectivity index (χ1n) is 26.5. The number of carbonyl (C=O) groups is 8. The van der Waals surface area contributed by atoms with Crippen LogP contribution in [0, 0.1) is 0 Å². The molecule has 0 aliphatic rings. The van der Waals surface area contributed by atoms with Gasteiger partial charge in [0.05, 0.1) is 0 Å². The quantitative estimate of drug-likeness (QED) is 0.0182. The summed E-state index contributed by atoms with van der Waals surface area (Å²) in [6.45, 7) is 21.0. The highest BCUT2D eigenvalue weighted by Crippen LogP contribution is 2.27. The Labute approximate surface area is 473 Å². The van der Waals surface area contributed by atoms with Crippen LogP contribution < -0.4 is 31.9 Å². The van der Waals surface area contributed by atoms with Gasteiger partial charge in [0.25, 0.3) is 0 Å². The number of carboxylic acids is 1. The van der Waals surface area contributed by atoms with Crippen LogP contribution in [-0.4, -0.2) is 133 Å². The average molecular weight is 1140 g/mol. The van der Waals surface area contributed by atoms with Crippen LogP contribution in [0.2, 0.25) is 0 Å². The van der Waals surface area contributed by atoms with Crippen molar-refractivity contribution in [3.63, 3.8) is 0 Å². The van der Waals surface area contributed by atoms with Crippen LogP contribution in [-0.2, 0) is 62.3 Å². The number of esters is 1. The third-order valence-corrected chi connectivity index (χ3v) is 10.6. The van der Waals surface area contributed by atoms with Crippen LogP contribution in [0.1, 0.15) is 138 Å². The minimum Gasteiger partial charge on any atom is -0.504 e. The zero-order valence-corrected chi connectivity index (χ0v) is 48.5. The maximum Gasteiger partial charge on any atom is 0.408 e. The van der Waals surface area contributed by atoms with E-state index in [9.17, 15) is 63.9 Å². The van der Waals surface area contributed by atoms with Crippen LogP contribution in [0.4, 0.5) is 19.2 Å². The van der Waals surface area contributed by atoms with Gasteiger partial charge >= 0.3 is 36.3 Å². The van der Waals surface area contributed by atoms with Gasteiger partial charge in [-0.25, -0.2) is 28.8 Å². The number of carboxylic acid groups (broad SMARTS) is 1. The Hall–Kier alpha value is -8.18. The fraction of sp³-hybridized carbons (Fsp3) is 0.544. The van der Waals surface area contributed by atoms with Gasteiger partial charge in [0.15, 0.2) is 23.0 Å². The molecule has 24 heteroatoms. The fourth-order valence-corrected chi connectivity index (χ4v) is 7.02. The highest BCUT2D eigenvalue weighted by atomic mass is 16.6. The van der Waals surface area contributed by atoms with E-state index in [2.05, 4.69) is 31.9 Å². The lowest BCUT2D eigenvalue weighted by Gasteiger charge is -2.25. The van der Waals surface area contributed by atoms with E-state index in [1.807, 2.05) is 18.2 Å². The number of phenols is 4. The molecule has 0 saturated carbocycles. The summed E-state index contributed by atoms with van der Waals surface area (Å²) in [6.07, 6.45) is -1.02. The lowest BCUT2D eigenvalue weighted by molar-refractivity contribution is -0.149. The number of phenolic OH excluding ortho intramolecular Hbond substituents is 4. The van der Waals surface area contributed by atoms with Crippen molar-refractivity contribution in [1.82, 2.24) is 31.9 Å². The number of benzene rings is 3. The number of nitrogens with one attached hydrogen (secondary N) is 6. The number of aromatic hydroxyl groups is 4. The fourth-order valence-electron chi connectivity index (χ4n) is 7.02. The standard InChI is InChI=1S/C32H45N3O9.C25H39N3O9/c1-31(2,3)43-29(40)33-17-11-10-14-23(28(39)42-20-21-12-8-7-9-13-21)34-27(38)24(35-30(41)44-32(4,5)6)18-22-15-16-25(36)26(37)19-22;1-24(2,3)36-22(34)26-12-8-7-9-16(21(32)33)27-20(31)17(28-23(35)37-25(4,5)6)13-15-10-11-18(29)19(30)14-15/h7-9,12-13,15-16,19,23-24,36-37H,10-11,14,17-18,20H2,1-6H3,(H,33,40)(H,34,38)(H,35,41);10-11,14,16-17,29-30H,7-9,12-13H2,1-6H3,(H,26,34)(H,27,31)(H,28,35)(H,32,33)/t23-,24-;16-,17-/m00/s1. The van der Waals surface area contributed by atoms with E-state index in [1.54, 1.807) is 95.2 Å². The lowest BCUT2D eigenvalue weighted by atomic mass is 10.0. The van der Waals surface area contributed by atoms with E-state index in [-0.39, 0.29) is 56.1 Å². The van der Waals surface area contributed by atoms with Crippen LogP contribution >= 0.6 is 0 Å². The largest absolute Gasteiger partial charge is 0.504 e. The molecule has 6 amide bonds. The predicted molar refractivity (Wildman–Crippen MR) is 297 cm³/mol. The minimum atomic E-state index is -1.26. The van der Waals surface area contributed by atoms with Gasteiger partial charge in [-0.3, -0.25) is 9.59 Å². The SMILES string of the molecule is CC(C)(C)OC(=O)NCCCC[C@H](NC(=O)[C@H](Cc1ccc(O)c(O)c1)NC(=O)OC(C)(C)C)C(=O)O.CC(C)(C)OC(=O)NCCCC[C@H](NC(=O)[C@H](Cc1ccc(O)c(O)c1)NC(=O)OC(C)(C)C)C(=O)OCc1ccccc1. The Balaban J connectivity index is 0.000000562. The molecule has 0 saturated heterocycles. The zero-order chi connectivity index (χ0) is 61.3. The van der Waals surface area contributed by atoms with Crippen LogP contribution in [0.3, 0.4) is 0 Å². The Kier molecular flexibility index (Phi) is 27.4.